The van der Waals surface area contributed by atoms with E-state index in [1.165, 1.54) is 21.7 Å². The summed E-state index contributed by atoms with van der Waals surface area (Å²) >= 11 is 0. The van der Waals surface area contributed by atoms with Gasteiger partial charge < -0.3 is 18.3 Å². The van der Waals surface area contributed by atoms with Gasteiger partial charge in [-0.3, -0.25) is 0 Å². The Morgan fingerprint density at radius 2 is 1.11 bits per heavy atom. The van der Waals surface area contributed by atoms with Gasteiger partial charge in [0.25, 0.3) is 0 Å². The zero-order valence-electron chi connectivity index (χ0n) is 42.1. The topological polar surface area (TPSA) is 45.5 Å². The van der Waals surface area contributed by atoms with Gasteiger partial charge in [-0.15, -0.1) is 6.42 Å². The number of hydrogen-bond donors (Lipinski definition) is 0. The number of rotatable bonds is 8. The smallest absolute Gasteiger partial charge is 0.0971 e. The predicted molar refractivity (Wildman–Crippen MR) is 314 cm³/mol. The Morgan fingerprint density at radius 3 is 1.74 bits per heavy atom. The summed E-state index contributed by atoms with van der Waals surface area (Å²) in [6.07, 6.45) is 22.7. The Bertz CT molecular complexity index is 4480. The second-order valence-corrected chi connectivity index (χ2v) is 18.2. The molecule has 0 saturated heterocycles. The van der Waals surface area contributed by atoms with Crippen molar-refractivity contribution in [3.05, 3.63) is 223 Å². The molecule has 6 aromatic carbocycles. The fraction of sp³-hybridized carbons (Fsp3) is 0.0882. The maximum atomic E-state index is 5.69. The first kappa shape index (κ1) is 45.5. The van der Waals surface area contributed by atoms with Crippen LogP contribution in [0.25, 0.3) is 117 Å². The monoisotopic (exact) mass is 952 g/mol. The van der Waals surface area contributed by atoms with Crippen LogP contribution >= 0.6 is 0 Å². The van der Waals surface area contributed by atoms with Gasteiger partial charge in [-0.2, -0.15) is 0 Å². The molecule has 1 aliphatic carbocycles. The molecule has 0 spiro atoms. The standard InChI is InChI=1S/C66H46N6.C2H6/c1-5-8-21-44(7-3)55-34-38-63-65(67-55)53-41-48(69-57(20-6-2)43(4)50-26-13-16-29-58(50)69)32-36-61(53)71(63)46-24-19-25-47(40-46)72-62-37-33-49(70-59-30-17-14-27-51(59)52-28-15-18-31-60(52)70)42-54(62)66-64(72)39-35-56(68-66)45-22-11-9-10-12-23-45;1-2/h1,6-8,11,13-42H,9H2,2-4H3;1-2H3/b20-6-,21-8-,44-7+;. The van der Waals surface area contributed by atoms with Gasteiger partial charge in [-0.25, -0.2) is 9.97 Å². The number of benzene rings is 6. The summed E-state index contributed by atoms with van der Waals surface area (Å²) in [7, 11) is 0. The summed E-state index contributed by atoms with van der Waals surface area (Å²) in [6, 6.07) is 57.1. The number of fused-ring (bicyclic) bond motifs is 10. The SMILES string of the molecule is C#C/C=C\C(=C/C)c1ccc2c(n1)c1cc(-n3c(/C=C\C)c(C)c4ccccc43)ccc1n2-c1cccc(-n2c3ccc(-n4c5ccccc5c5ccccc54)cc3c3nc(C4=CC#CCC=C4)ccc32)c1.CC. The second-order valence-electron chi connectivity index (χ2n) is 18.2. The van der Waals surface area contributed by atoms with Gasteiger partial charge in [0.15, 0.2) is 0 Å². The lowest BCUT2D eigenvalue weighted by Crippen LogP contribution is -2.00. The maximum Gasteiger partial charge on any atom is 0.0971 e. The molecule has 0 fully saturated rings. The molecule has 0 radical (unpaired) electrons. The maximum absolute atomic E-state index is 5.69. The average molecular weight is 953 g/mol. The van der Waals surface area contributed by atoms with Gasteiger partial charge in [0.05, 0.1) is 61.0 Å². The van der Waals surface area contributed by atoms with Crippen molar-refractivity contribution in [3.63, 3.8) is 0 Å². The molecule has 0 atom stereocenters. The minimum absolute atomic E-state index is 0.715. The highest BCUT2D eigenvalue weighted by Gasteiger charge is 2.22. The van der Waals surface area contributed by atoms with Crippen LogP contribution in [-0.4, -0.2) is 28.2 Å². The summed E-state index contributed by atoms with van der Waals surface area (Å²) < 4.78 is 9.46. The van der Waals surface area contributed by atoms with Crippen molar-refractivity contribution >= 4 is 93.8 Å². The number of para-hydroxylation sites is 3. The summed E-state index contributed by atoms with van der Waals surface area (Å²) in [5, 5.41) is 5.79. The first-order valence-corrected chi connectivity index (χ1v) is 25.4. The van der Waals surface area contributed by atoms with Gasteiger partial charge in [0.1, 0.15) is 0 Å². The third-order valence-electron chi connectivity index (χ3n) is 14.2. The molecular weight excluding hydrogens is 901 g/mol. The Kier molecular flexibility index (Phi) is 11.6. The van der Waals surface area contributed by atoms with Crippen molar-refractivity contribution in [2.45, 2.75) is 41.0 Å². The number of hydrogen-bond acceptors (Lipinski definition) is 2. The van der Waals surface area contributed by atoms with Crippen molar-refractivity contribution in [1.29, 1.82) is 0 Å². The van der Waals surface area contributed by atoms with Crippen LogP contribution in [0.5, 0.6) is 0 Å². The van der Waals surface area contributed by atoms with Gasteiger partial charge in [-0.1, -0.05) is 117 Å². The van der Waals surface area contributed by atoms with Gasteiger partial charge in [0, 0.05) is 67.4 Å². The molecule has 0 unspecified atom stereocenters. The number of aryl methyl sites for hydroxylation is 1. The average Bonchev–Trinajstić information content (AvgIpc) is 4.09. The summed E-state index contributed by atoms with van der Waals surface area (Å²) in [6.45, 7) is 10.3. The first-order chi connectivity index (χ1) is 36.5. The molecule has 0 amide bonds. The number of allylic oxidation sites excluding steroid dienone is 9. The molecular formula is C68H52N6. The van der Waals surface area contributed by atoms with Gasteiger partial charge in [-0.05, 0) is 153 Å². The fourth-order valence-corrected chi connectivity index (χ4v) is 11.0. The Balaban J connectivity index is 0.00000275. The molecule has 12 aromatic rings. The summed E-state index contributed by atoms with van der Waals surface area (Å²) in [5.74, 6) is 9.08. The van der Waals surface area contributed by atoms with E-state index < -0.39 is 0 Å². The number of pyridine rings is 2. The van der Waals surface area contributed by atoms with E-state index in [0.29, 0.717) is 6.42 Å². The molecule has 6 heterocycles. The van der Waals surface area contributed by atoms with Crippen molar-refractivity contribution < 1.29 is 0 Å². The van der Waals surface area contributed by atoms with E-state index in [2.05, 4.69) is 238 Å². The van der Waals surface area contributed by atoms with Crippen LogP contribution in [0.15, 0.2) is 200 Å². The van der Waals surface area contributed by atoms with Gasteiger partial charge in [0.2, 0.25) is 0 Å². The van der Waals surface area contributed by atoms with E-state index in [1.54, 1.807) is 6.08 Å². The molecule has 6 heteroatoms. The van der Waals surface area contributed by atoms with Crippen LogP contribution in [0.2, 0.25) is 0 Å². The highest BCUT2D eigenvalue weighted by atomic mass is 15.0. The highest BCUT2D eigenvalue weighted by Crippen LogP contribution is 2.40. The molecule has 0 aliphatic heterocycles. The van der Waals surface area contributed by atoms with E-state index in [-0.39, 0.29) is 0 Å². The van der Waals surface area contributed by atoms with Crippen LogP contribution in [0.3, 0.4) is 0 Å². The summed E-state index contributed by atoms with van der Waals surface area (Å²) in [4.78, 5) is 10.9. The minimum Gasteiger partial charge on any atom is -0.310 e. The van der Waals surface area contributed by atoms with Gasteiger partial charge >= 0.3 is 0 Å². The lowest BCUT2D eigenvalue weighted by molar-refractivity contribution is 1.10. The highest BCUT2D eigenvalue weighted by molar-refractivity contribution is 6.12. The predicted octanol–water partition coefficient (Wildman–Crippen LogP) is 17.0. The zero-order chi connectivity index (χ0) is 50.5. The van der Waals surface area contributed by atoms with Crippen LogP contribution in [0.1, 0.15) is 56.8 Å². The third kappa shape index (κ3) is 7.30. The van der Waals surface area contributed by atoms with Crippen LogP contribution in [-0.2, 0) is 0 Å². The molecule has 0 saturated carbocycles. The largest absolute Gasteiger partial charge is 0.310 e. The normalized spacial score (nSPS) is 12.9. The quantitative estimate of drug-likeness (QED) is 0.113. The van der Waals surface area contributed by atoms with Crippen molar-refractivity contribution in [1.82, 2.24) is 28.2 Å². The fourth-order valence-electron chi connectivity index (χ4n) is 11.0. The van der Waals surface area contributed by atoms with E-state index in [4.69, 9.17) is 16.4 Å². The zero-order valence-corrected chi connectivity index (χ0v) is 42.1. The second kappa shape index (κ2) is 18.9. The Hall–Kier alpha value is -9.62. The summed E-state index contributed by atoms with van der Waals surface area (Å²) in [5.41, 5.74) is 19.7. The molecule has 0 bridgehead atoms. The number of aromatic nitrogens is 6. The van der Waals surface area contributed by atoms with Crippen molar-refractivity contribution in [3.8, 4) is 46.9 Å². The van der Waals surface area contributed by atoms with Crippen LogP contribution in [0.4, 0.5) is 0 Å². The first-order valence-electron chi connectivity index (χ1n) is 25.4. The van der Waals surface area contributed by atoms with Crippen molar-refractivity contribution in [2.75, 3.05) is 0 Å². The Labute approximate surface area is 430 Å². The van der Waals surface area contributed by atoms with Crippen LogP contribution in [0, 0.1) is 31.1 Å². The molecule has 6 nitrogen and oxygen atoms in total. The molecule has 0 N–H and O–H groups in total. The van der Waals surface area contributed by atoms with E-state index in [1.807, 2.05) is 32.9 Å². The van der Waals surface area contributed by atoms with E-state index in [0.717, 1.165) is 111 Å². The molecule has 354 valence electrons. The van der Waals surface area contributed by atoms with E-state index in [9.17, 15) is 0 Å². The molecule has 1 aliphatic rings. The lowest BCUT2D eigenvalue weighted by atomic mass is 10.1. The molecule has 74 heavy (non-hydrogen) atoms. The third-order valence-corrected chi connectivity index (χ3v) is 14.2. The lowest BCUT2D eigenvalue weighted by Gasteiger charge is -2.14. The van der Waals surface area contributed by atoms with E-state index >= 15 is 0 Å². The Morgan fingerprint density at radius 1 is 0.568 bits per heavy atom. The molecule has 6 aromatic heterocycles. The minimum atomic E-state index is 0.715. The number of terminal acetylenes is 1. The molecule has 13 rings (SSSR count). The van der Waals surface area contributed by atoms with Crippen molar-refractivity contribution in [2.24, 2.45) is 0 Å². The number of nitrogens with zero attached hydrogens (tertiary/aromatic N) is 6. The van der Waals surface area contributed by atoms with Crippen LogP contribution < -0.4 is 0 Å².